The number of nitrogens with zero attached hydrogens (tertiary/aromatic N) is 1. The Morgan fingerprint density at radius 2 is 2.42 bits per heavy atom. The molecule has 0 spiro atoms. The van der Waals surface area contributed by atoms with Crippen LogP contribution in [0.4, 0.5) is 11.5 Å². The topological polar surface area (TPSA) is 86.5 Å². The highest BCUT2D eigenvalue weighted by Gasteiger charge is 2.15. The van der Waals surface area contributed by atoms with E-state index in [9.17, 15) is 4.79 Å². The quantitative estimate of drug-likeness (QED) is 0.801. The molecular formula is C13H19N3O3. The van der Waals surface area contributed by atoms with E-state index in [2.05, 4.69) is 15.0 Å². The van der Waals surface area contributed by atoms with Gasteiger partial charge in [-0.3, -0.25) is 0 Å². The van der Waals surface area contributed by atoms with Gasteiger partial charge >= 0.3 is 5.97 Å². The fourth-order valence-corrected chi connectivity index (χ4v) is 2.01. The van der Waals surface area contributed by atoms with Crippen molar-refractivity contribution in [1.82, 2.24) is 4.98 Å². The molecule has 0 saturated carbocycles. The molecule has 19 heavy (non-hydrogen) atoms. The maximum Gasteiger partial charge on any atom is 0.356 e. The van der Waals surface area contributed by atoms with Gasteiger partial charge in [0.05, 0.1) is 18.9 Å². The minimum atomic E-state index is -0.475. The Hall–Kier alpha value is -1.82. The molecule has 1 aliphatic rings. The minimum Gasteiger partial charge on any atom is -0.464 e. The van der Waals surface area contributed by atoms with E-state index in [1.807, 2.05) is 0 Å². The molecule has 0 radical (unpaired) electrons. The van der Waals surface area contributed by atoms with Gasteiger partial charge in [0.2, 0.25) is 0 Å². The number of aromatic nitrogens is 1. The van der Waals surface area contributed by atoms with Gasteiger partial charge in [-0.2, -0.15) is 0 Å². The summed E-state index contributed by atoms with van der Waals surface area (Å²) in [7, 11) is 1.32. The number of methoxy groups -OCH3 is 1. The van der Waals surface area contributed by atoms with Crippen LogP contribution in [0.1, 0.15) is 29.8 Å². The summed E-state index contributed by atoms with van der Waals surface area (Å²) in [6.07, 6.45) is 3.51. The number of carbonyl (C=O) groups is 1. The van der Waals surface area contributed by atoms with Crippen LogP contribution in [0.25, 0.3) is 0 Å². The number of nitrogens with two attached hydrogens (primary N) is 1. The average molecular weight is 265 g/mol. The highest BCUT2D eigenvalue weighted by atomic mass is 16.5. The summed E-state index contributed by atoms with van der Waals surface area (Å²) in [5.41, 5.74) is 6.57. The molecule has 0 bridgehead atoms. The summed E-state index contributed by atoms with van der Waals surface area (Å²) in [4.78, 5) is 15.6. The summed E-state index contributed by atoms with van der Waals surface area (Å²) in [5.74, 6) is 0.0223. The summed E-state index contributed by atoms with van der Waals surface area (Å²) < 4.78 is 10.2. The van der Waals surface area contributed by atoms with Crippen molar-refractivity contribution in [3.8, 4) is 0 Å². The Morgan fingerprint density at radius 3 is 3.11 bits per heavy atom. The number of carbonyl (C=O) groups excluding carboxylic acids is 1. The molecule has 1 aromatic rings. The summed E-state index contributed by atoms with van der Waals surface area (Å²) >= 11 is 0. The zero-order chi connectivity index (χ0) is 13.7. The van der Waals surface area contributed by atoms with Crippen LogP contribution in [0.5, 0.6) is 0 Å². The lowest BCUT2D eigenvalue weighted by atomic mass is 10.1. The smallest absolute Gasteiger partial charge is 0.356 e. The lowest BCUT2D eigenvalue weighted by Gasteiger charge is -2.23. The lowest BCUT2D eigenvalue weighted by Crippen LogP contribution is -2.27. The van der Waals surface area contributed by atoms with E-state index in [0.717, 1.165) is 19.4 Å². The molecule has 6 nitrogen and oxygen atoms in total. The molecule has 1 atom stereocenters. The highest BCUT2D eigenvalue weighted by Crippen LogP contribution is 2.18. The number of esters is 1. The van der Waals surface area contributed by atoms with E-state index in [-0.39, 0.29) is 11.8 Å². The Morgan fingerprint density at radius 1 is 1.58 bits per heavy atom. The van der Waals surface area contributed by atoms with Crippen molar-refractivity contribution in [2.45, 2.75) is 25.4 Å². The molecule has 0 amide bonds. The van der Waals surface area contributed by atoms with Gasteiger partial charge in [0.1, 0.15) is 5.82 Å². The Balaban J connectivity index is 2.00. The van der Waals surface area contributed by atoms with E-state index < -0.39 is 5.97 Å². The largest absolute Gasteiger partial charge is 0.464 e. The fraction of sp³-hybridized carbons (Fsp3) is 0.538. The Kier molecular flexibility index (Phi) is 4.57. The predicted molar refractivity (Wildman–Crippen MR) is 72.1 cm³/mol. The summed E-state index contributed by atoms with van der Waals surface area (Å²) in [5, 5.41) is 3.13. The van der Waals surface area contributed by atoms with Crippen LogP contribution in [0, 0.1) is 0 Å². The number of nitrogen functional groups attached to an aromatic ring is 1. The standard InChI is InChI=1S/C13H19N3O3/c1-18-13(17)11-6-5-10(14)12(16-11)15-8-9-4-2-3-7-19-9/h5-6,9H,2-4,7-8,14H2,1H3,(H,15,16). The molecule has 2 heterocycles. The molecule has 1 aromatic heterocycles. The van der Waals surface area contributed by atoms with Gasteiger partial charge in [0.15, 0.2) is 5.69 Å². The van der Waals surface area contributed by atoms with Crippen LogP contribution in [-0.4, -0.2) is 37.3 Å². The molecule has 6 heteroatoms. The van der Waals surface area contributed by atoms with Crippen molar-refractivity contribution in [2.24, 2.45) is 0 Å². The van der Waals surface area contributed by atoms with Crippen molar-refractivity contribution < 1.29 is 14.3 Å². The minimum absolute atomic E-state index is 0.178. The third kappa shape index (κ3) is 3.57. The van der Waals surface area contributed by atoms with Gasteiger partial charge in [-0.05, 0) is 31.4 Å². The van der Waals surface area contributed by atoms with Crippen molar-refractivity contribution in [3.63, 3.8) is 0 Å². The van der Waals surface area contributed by atoms with Gasteiger partial charge in [-0.25, -0.2) is 9.78 Å². The number of hydrogen-bond acceptors (Lipinski definition) is 6. The molecule has 0 aromatic carbocycles. The van der Waals surface area contributed by atoms with Crippen LogP contribution in [0.15, 0.2) is 12.1 Å². The maximum absolute atomic E-state index is 11.4. The third-order valence-corrected chi connectivity index (χ3v) is 3.09. The molecule has 104 valence electrons. The third-order valence-electron chi connectivity index (χ3n) is 3.09. The first-order chi connectivity index (χ1) is 9.20. The molecule has 2 rings (SSSR count). The van der Waals surface area contributed by atoms with Crippen LogP contribution in [0.3, 0.4) is 0 Å². The van der Waals surface area contributed by atoms with Crippen LogP contribution in [-0.2, 0) is 9.47 Å². The summed E-state index contributed by atoms with van der Waals surface area (Å²) in [6, 6.07) is 3.19. The first kappa shape index (κ1) is 13.6. The molecule has 1 fully saturated rings. The van der Waals surface area contributed by atoms with E-state index in [0.29, 0.717) is 18.1 Å². The second kappa shape index (κ2) is 6.38. The average Bonchev–Trinajstić information content (AvgIpc) is 2.46. The molecule has 1 unspecified atom stereocenters. The number of nitrogens with one attached hydrogen (secondary N) is 1. The fourth-order valence-electron chi connectivity index (χ4n) is 2.01. The Labute approximate surface area is 112 Å². The first-order valence-electron chi connectivity index (χ1n) is 6.41. The van der Waals surface area contributed by atoms with Crippen molar-refractivity contribution >= 4 is 17.5 Å². The Bertz CT molecular complexity index is 445. The van der Waals surface area contributed by atoms with E-state index in [1.165, 1.54) is 13.5 Å². The SMILES string of the molecule is COC(=O)c1ccc(N)c(NCC2CCCCO2)n1. The van der Waals surface area contributed by atoms with Gasteiger partial charge in [0.25, 0.3) is 0 Å². The monoisotopic (exact) mass is 265 g/mol. The van der Waals surface area contributed by atoms with Gasteiger partial charge < -0.3 is 20.5 Å². The second-order valence-electron chi connectivity index (χ2n) is 4.50. The first-order valence-corrected chi connectivity index (χ1v) is 6.41. The number of rotatable bonds is 4. The molecule has 1 saturated heterocycles. The van der Waals surface area contributed by atoms with Crippen molar-refractivity contribution in [1.29, 1.82) is 0 Å². The second-order valence-corrected chi connectivity index (χ2v) is 4.50. The van der Waals surface area contributed by atoms with Crippen LogP contribution < -0.4 is 11.1 Å². The predicted octanol–water partition coefficient (Wildman–Crippen LogP) is 1.43. The number of pyridine rings is 1. The number of ether oxygens (including phenoxy) is 2. The molecule has 0 aliphatic carbocycles. The normalized spacial score (nSPS) is 18.9. The lowest BCUT2D eigenvalue weighted by molar-refractivity contribution is 0.0247. The summed E-state index contributed by atoms with van der Waals surface area (Å²) in [6.45, 7) is 1.44. The zero-order valence-corrected chi connectivity index (χ0v) is 11.0. The van der Waals surface area contributed by atoms with Crippen LogP contribution >= 0.6 is 0 Å². The van der Waals surface area contributed by atoms with Gasteiger partial charge in [-0.15, -0.1) is 0 Å². The maximum atomic E-state index is 11.4. The van der Waals surface area contributed by atoms with Crippen molar-refractivity contribution in [3.05, 3.63) is 17.8 Å². The number of hydrogen-bond donors (Lipinski definition) is 2. The van der Waals surface area contributed by atoms with Crippen LogP contribution in [0.2, 0.25) is 0 Å². The van der Waals surface area contributed by atoms with Gasteiger partial charge in [-0.1, -0.05) is 0 Å². The van der Waals surface area contributed by atoms with E-state index in [1.54, 1.807) is 12.1 Å². The zero-order valence-electron chi connectivity index (χ0n) is 11.0. The number of anilines is 2. The van der Waals surface area contributed by atoms with E-state index >= 15 is 0 Å². The highest BCUT2D eigenvalue weighted by molar-refractivity contribution is 5.88. The molecule has 1 aliphatic heterocycles. The van der Waals surface area contributed by atoms with E-state index in [4.69, 9.17) is 10.5 Å². The van der Waals surface area contributed by atoms with Gasteiger partial charge in [0, 0.05) is 13.2 Å². The molecular weight excluding hydrogens is 246 g/mol. The van der Waals surface area contributed by atoms with Crippen molar-refractivity contribution in [2.75, 3.05) is 31.3 Å². The molecule has 3 N–H and O–H groups in total.